The molecule has 1 unspecified atom stereocenters. The summed E-state index contributed by atoms with van der Waals surface area (Å²) < 4.78 is 22.8. The minimum absolute atomic E-state index is 0.113. The van der Waals surface area contributed by atoms with Gasteiger partial charge in [-0.15, -0.1) is 0 Å². The number of urea groups is 1. The van der Waals surface area contributed by atoms with Crippen LogP contribution in [0.25, 0.3) is 0 Å². The van der Waals surface area contributed by atoms with E-state index in [-0.39, 0.29) is 23.6 Å². The maximum Gasteiger partial charge on any atom is 0.317 e. The number of hydrogen-bond donors (Lipinski definition) is 1. The Morgan fingerprint density at radius 3 is 2.59 bits per heavy atom. The minimum Gasteiger partial charge on any atom is -0.338 e. The molecule has 1 aliphatic rings. The summed E-state index contributed by atoms with van der Waals surface area (Å²) in [5.74, 6) is 0.318. The topological polar surface area (TPSA) is 66.5 Å². The second kappa shape index (κ2) is 6.23. The lowest BCUT2D eigenvalue weighted by molar-refractivity contribution is 0.184. The number of unbranched alkanes of at least 4 members (excludes halogenated alkanes) is 1. The largest absolute Gasteiger partial charge is 0.338 e. The molecule has 1 rings (SSSR count). The number of nitrogens with zero attached hydrogens (tertiary/aromatic N) is 1. The molecule has 2 amide bonds. The first-order valence-corrected chi connectivity index (χ1v) is 8.07. The van der Waals surface area contributed by atoms with E-state index >= 15 is 0 Å². The van der Waals surface area contributed by atoms with Gasteiger partial charge in [-0.3, -0.25) is 0 Å². The first-order valence-electron chi connectivity index (χ1n) is 6.25. The average Bonchev–Trinajstić information content (AvgIpc) is 2.60. The van der Waals surface area contributed by atoms with Crippen LogP contribution in [0.3, 0.4) is 0 Å². The molecule has 0 aliphatic carbocycles. The Kier molecular flexibility index (Phi) is 5.24. The average molecular weight is 262 g/mol. The van der Waals surface area contributed by atoms with E-state index in [0.29, 0.717) is 19.5 Å². The monoisotopic (exact) mass is 262 g/mol. The van der Waals surface area contributed by atoms with E-state index in [1.165, 1.54) is 0 Å². The molecule has 1 heterocycles. The van der Waals surface area contributed by atoms with E-state index < -0.39 is 9.84 Å². The molecular formula is C11H22N2O3S. The highest BCUT2D eigenvalue weighted by Crippen LogP contribution is 2.17. The minimum atomic E-state index is -2.93. The van der Waals surface area contributed by atoms with Gasteiger partial charge in [0.05, 0.1) is 11.5 Å². The molecule has 1 saturated heterocycles. The van der Waals surface area contributed by atoms with Gasteiger partial charge < -0.3 is 10.2 Å². The maximum absolute atomic E-state index is 11.9. The Morgan fingerprint density at radius 1 is 1.41 bits per heavy atom. The summed E-state index contributed by atoms with van der Waals surface area (Å²) in [6.07, 6.45) is 2.55. The summed E-state index contributed by atoms with van der Waals surface area (Å²) in [7, 11) is -2.93. The normalized spacial score (nSPS) is 22.4. The zero-order valence-electron chi connectivity index (χ0n) is 10.6. The van der Waals surface area contributed by atoms with Crippen LogP contribution in [-0.2, 0) is 9.84 Å². The molecule has 0 bridgehead atoms. The predicted octanol–water partition coefficient (Wildman–Crippen LogP) is 1.01. The first-order chi connectivity index (χ1) is 8.00. The number of nitrogens with one attached hydrogen (secondary N) is 1. The molecular weight excluding hydrogens is 240 g/mol. The fourth-order valence-electron chi connectivity index (χ4n) is 2.06. The van der Waals surface area contributed by atoms with Crippen LogP contribution in [0, 0.1) is 0 Å². The van der Waals surface area contributed by atoms with E-state index in [1.807, 2.05) is 6.92 Å². The molecule has 17 heavy (non-hydrogen) atoms. The van der Waals surface area contributed by atoms with Gasteiger partial charge in [0.15, 0.2) is 9.84 Å². The summed E-state index contributed by atoms with van der Waals surface area (Å²) in [6, 6.07) is -0.283. The maximum atomic E-state index is 11.9. The van der Waals surface area contributed by atoms with Crippen molar-refractivity contribution in [2.45, 2.75) is 39.2 Å². The molecule has 100 valence electrons. The third-order valence-corrected chi connectivity index (χ3v) is 4.81. The summed E-state index contributed by atoms with van der Waals surface area (Å²) in [5, 5.41) is 2.83. The van der Waals surface area contributed by atoms with Crippen LogP contribution in [0.4, 0.5) is 4.79 Å². The fraction of sp³-hybridized carbons (Fsp3) is 0.909. The van der Waals surface area contributed by atoms with Crippen molar-refractivity contribution in [2.24, 2.45) is 0 Å². The molecule has 0 aromatic heterocycles. The Bertz CT molecular complexity index is 354. The molecule has 1 atom stereocenters. The molecule has 0 radical (unpaired) electrons. The van der Waals surface area contributed by atoms with Crippen molar-refractivity contribution in [2.75, 3.05) is 24.6 Å². The lowest BCUT2D eigenvalue weighted by Gasteiger charge is -2.26. The lowest BCUT2D eigenvalue weighted by Crippen LogP contribution is -2.46. The van der Waals surface area contributed by atoms with Crippen molar-refractivity contribution in [1.82, 2.24) is 10.2 Å². The van der Waals surface area contributed by atoms with Gasteiger partial charge in [-0.05, 0) is 19.8 Å². The van der Waals surface area contributed by atoms with Crippen molar-refractivity contribution in [1.29, 1.82) is 0 Å². The molecule has 0 saturated carbocycles. The molecule has 0 aromatic carbocycles. The second-order valence-corrected chi connectivity index (χ2v) is 6.66. The van der Waals surface area contributed by atoms with Crippen LogP contribution in [0.5, 0.6) is 0 Å². The summed E-state index contributed by atoms with van der Waals surface area (Å²) in [4.78, 5) is 13.5. The highest BCUT2D eigenvalue weighted by molar-refractivity contribution is 7.91. The first kappa shape index (κ1) is 14.3. The standard InChI is InChI=1S/C11H22N2O3S/c1-3-5-7-12-11(14)13(4-2)10-6-8-17(15,16)9-10/h10H,3-9H2,1-2H3,(H,12,14). The summed E-state index contributed by atoms with van der Waals surface area (Å²) in [6.45, 7) is 5.15. The van der Waals surface area contributed by atoms with Gasteiger partial charge in [0.2, 0.25) is 0 Å². The zero-order valence-corrected chi connectivity index (χ0v) is 11.4. The molecule has 6 heteroatoms. The molecule has 1 N–H and O–H groups in total. The van der Waals surface area contributed by atoms with Gasteiger partial charge in [-0.1, -0.05) is 13.3 Å². The number of carbonyl (C=O) groups excluding carboxylic acids is 1. The van der Waals surface area contributed by atoms with Crippen LogP contribution in [-0.4, -0.2) is 50.0 Å². The van der Waals surface area contributed by atoms with Gasteiger partial charge in [0.25, 0.3) is 0 Å². The number of rotatable bonds is 5. The Balaban J connectivity index is 2.50. The van der Waals surface area contributed by atoms with E-state index in [1.54, 1.807) is 4.90 Å². The second-order valence-electron chi connectivity index (χ2n) is 4.43. The SMILES string of the molecule is CCCCNC(=O)N(CC)C1CCS(=O)(=O)C1. The third-order valence-electron chi connectivity index (χ3n) is 3.06. The van der Waals surface area contributed by atoms with Crippen LogP contribution in [0.1, 0.15) is 33.1 Å². The number of carbonyl (C=O) groups is 1. The number of hydrogen-bond acceptors (Lipinski definition) is 3. The smallest absolute Gasteiger partial charge is 0.317 e. The van der Waals surface area contributed by atoms with Crippen LogP contribution < -0.4 is 5.32 Å². The van der Waals surface area contributed by atoms with Gasteiger partial charge in [-0.2, -0.15) is 0 Å². The zero-order chi connectivity index (χ0) is 12.9. The van der Waals surface area contributed by atoms with Gasteiger partial charge in [-0.25, -0.2) is 13.2 Å². The fourth-order valence-corrected chi connectivity index (χ4v) is 3.79. The van der Waals surface area contributed by atoms with E-state index in [4.69, 9.17) is 0 Å². The highest BCUT2D eigenvalue weighted by atomic mass is 32.2. The van der Waals surface area contributed by atoms with Crippen LogP contribution >= 0.6 is 0 Å². The molecule has 0 spiro atoms. The van der Waals surface area contributed by atoms with Crippen molar-refractivity contribution in [3.05, 3.63) is 0 Å². The quantitative estimate of drug-likeness (QED) is 0.752. The van der Waals surface area contributed by atoms with Crippen LogP contribution in [0.15, 0.2) is 0 Å². The van der Waals surface area contributed by atoms with Crippen molar-refractivity contribution < 1.29 is 13.2 Å². The Morgan fingerprint density at radius 2 is 2.12 bits per heavy atom. The Labute approximate surface area is 103 Å². The Hall–Kier alpha value is -0.780. The van der Waals surface area contributed by atoms with Crippen LogP contribution in [0.2, 0.25) is 0 Å². The van der Waals surface area contributed by atoms with Gasteiger partial charge in [0, 0.05) is 19.1 Å². The molecule has 1 aliphatic heterocycles. The van der Waals surface area contributed by atoms with Gasteiger partial charge >= 0.3 is 6.03 Å². The molecule has 1 fully saturated rings. The summed E-state index contributed by atoms with van der Waals surface area (Å²) in [5.41, 5.74) is 0. The predicted molar refractivity (Wildman–Crippen MR) is 67.7 cm³/mol. The lowest BCUT2D eigenvalue weighted by atomic mass is 10.2. The highest BCUT2D eigenvalue weighted by Gasteiger charge is 2.33. The third kappa shape index (κ3) is 4.18. The molecule has 0 aromatic rings. The van der Waals surface area contributed by atoms with E-state index in [0.717, 1.165) is 12.8 Å². The summed E-state index contributed by atoms with van der Waals surface area (Å²) >= 11 is 0. The van der Waals surface area contributed by atoms with Gasteiger partial charge in [0.1, 0.15) is 0 Å². The van der Waals surface area contributed by atoms with Crippen molar-refractivity contribution in [3.8, 4) is 0 Å². The number of sulfone groups is 1. The van der Waals surface area contributed by atoms with Crippen molar-refractivity contribution >= 4 is 15.9 Å². The molecule has 5 nitrogen and oxygen atoms in total. The van der Waals surface area contributed by atoms with Crippen molar-refractivity contribution in [3.63, 3.8) is 0 Å². The number of amides is 2. The van der Waals surface area contributed by atoms with E-state index in [9.17, 15) is 13.2 Å². The van der Waals surface area contributed by atoms with E-state index in [2.05, 4.69) is 12.2 Å².